The third-order valence-corrected chi connectivity index (χ3v) is 2.83. The fourth-order valence-corrected chi connectivity index (χ4v) is 2.24. The van der Waals surface area contributed by atoms with Gasteiger partial charge in [0.1, 0.15) is 0 Å². The molecule has 0 heterocycles. The molecule has 0 aromatic rings. The molecule has 6 heteroatoms. The topological polar surface area (TPSA) is 86.6 Å². The number of hydrogen-bond donors (Lipinski definition) is 3. The summed E-state index contributed by atoms with van der Waals surface area (Å²) in [6, 6.07) is 0. The van der Waals surface area contributed by atoms with E-state index in [1.54, 1.807) is 13.8 Å². The van der Waals surface area contributed by atoms with Crippen LogP contribution in [0, 0.1) is 5.41 Å². The molecule has 0 aromatic heterocycles. The molecule has 1 amide bonds. The Bertz CT molecular complexity index is 269. The van der Waals surface area contributed by atoms with Crippen LogP contribution in [-0.2, 0) is 9.36 Å². The van der Waals surface area contributed by atoms with Crippen molar-refractivity contribution in [2.24, 2.45) is 5.41 Å². The molecule has 0 radical (unpaired) electrons. The lowest BCUT2D eigenvalue weighted by molar-refractivity contribution is -0.116. The van der Waals surface area contributed by atoms with Crippen LogP contribution in [0.15, 0.2) is 12.7 Å². The first-order valence-corrected chi connectivity index (χ1v) is 5.91. The molecule has 0 spiro atoms. The number of carbonyl (C=O) groups excluding carboxylic acids is 1. The molecule has 0 unspecified atom stereocenters. The highest BCUT2D eigenvalue weighted by Crippen LogP contribution is 2.41. The minimum Gasteiger partial charge on any atom is -0.352 e. The van der Waals surface area contributed by atoms with Gasteiger partial charge in [-0.05, 0) is 11.5 Å². The largest absolute Gasteiger partial charge is 0.352 e. The lowest BCUT2D eigenvalue weighted by Crippen LogP contribution is -2.35. The average Bonchev–Trinajstić information content (AvgIpc) is 1.96. The maximum Gasteiger partial charge on any atom is 0.326 e. The van der Waals surface area contributed by atoms with Crippen LogP contribution in [0.1, 0.15) is 13.8 Å². The van der Waals surface area contributed by atoms with E-state index < -0.39 is 13.0 Å². The van der Waals surface area contributed by atoms with Crippen LogP contribution in [0.5, 0.6) is 0 Å². The third kappa shape index (κ3) is 6.83. The zero-order valence-electron chi connectivity index (χ0n) is 8.36. The van der Waals surface area contributed by atoms with E-state index in [-0.39, 0.29) is 18.6 Å². The fraction of sp³-hybridized carbons (Fsp3) is 0.625. The van der Waals surface area contributed by atoms with Crippen molar-refractivity contribution in [1.82, 2.24) is 5.32 Å². The molecule has 0 aliphatic heterocycles. The van der Waals surface area contributed by atoms with Crippen molar-refractivity contribution in [1.29, 1.82) is 0 Å². The van der Waals surface area contributed by atoms with E-state index in [0.29, 0.717) is 0 Å². The number of hydrogen-bond acceptors (Lipinski definition) is 2. The highest BCUT2D eigenvalue weighted by molar-refractivity contribution is 7.51. The maximum atomic E-state index is 10.8. The van der Waals surface area contributed by atoms with Crippen molar-refractivity contribution in [2.45, 2.75) is 13.8 Å². The van der Waals surface area contributed by atoms with E-state index in [9.17, 15) is 9.36 Å². The molecular weight excluding hydrogens is 205 g/mol. The van der Waals surface area contributed by atoms with Crippen LogP contribution in [0.25, 0.3) is 0 Å². The Balaban J connectivity index is 4.14. The highest BCUT2D eigenvalue weighted by atomic mass is 31.2. The van der Waals surface area contributed by atoms with Crippen molar-refractivity contribution in [3.63, 3.8) is 0 Å². The molecule has 0 bridgehead atoms. The van der Waals surface area contributed by atoms with E-state index in [2.05, 4.69) is 11.9 Å². The van der Waals surface area contributed by atoms with Crippen LogP contribution in [0.4, 0.5) is 0 Å². The zero-order chi connectivity index (χ0) is 11.4. The summed E-state index contributed by atoms with van der Waals surface area (Å²) >= 11 is 0. The third-order valence-electron chi connectivity index (χ3n) is 1.56. The van der Waals surface area contributed by atoms with Crippen LogP contribution < -0.4 is 5.32 Å². The van der Waals surface area contributed by atoms with Crippen molar-refractivity contribution in [3.8, 4) is 0 Å². The molecule has 0 atom stereocenters. The van der Waals surface area contributed by atoms with E-state index in [0.717, 1.165) is 6.08 Å². The molecule has 0 aliphatic carbocycles. The molecule has 0 saturated carbocycles. The Hall–Kier alpha value is -0.640. The number of amides is 1. The van der Waals surface area contributed by atoms with Gasteiger partial charge in [0, 0.05) is 6.54 Å². The molecule has 0 fully saturated rings. The second-order valence-corrected chi connectivity index (χ2v) is 5.55. The van der Waals surface area contributed by atoms with Gasteiger partial charge in [-0.2, -0.15) is 0 Å². The predicted octanol–water partition coefficient (Wildman–Crippen LogP) is 0.492. The summed E-state index contributed by atoms with van der Waals surface area (Å²) in [6.45, 7) is 6.83. The molecule has 0 aromatic carbocycles. The summed E-state index contributed by atoms with van der Waals surface area (Å²) < 4.78 is 10.7. The molecule has 0 aliphatic rings. The van der Waals surface area contributed by atoms with Crippen LogP contribution in [0.2, 0.25) is 0 Å². The Morgan fingerprint density at radius 1 is 1.57 bits per heavy atom. The minimum atomic E-state index is -4.03. The summed E-state index contributed by atoms with van der Waals surface area (Å²) in [5, 5.41) is 2.49. The summed E-state index contributed by atoms with van der Waals surface area (Å²) in [4.78, 5) is 28.3. The number of rotatable bonds is 5. The van der Waals surface area contributed by atoms with Gasteiger partial charge in [0.25, 0.3) is 0 Å². The van der Waals surface area contributed by atoms with Gasteiger partial charge in [0.15, 0.2) is 0 Å². The van der Waals surface area contributed by atoms with Gasteiger partial charge >= 0.3 is 7.60 Å². The monoisotopic (exact) mass is 221 g/mol. The fourth-order valence-electron chi connectivity index (χ4n) is 1.01. The molecule has 14 heavy (non-hydrogen) atoms. The lowest BCUT2D eigenvalue weighted by atomic mass is 9.96. The normalized spacial score (nSPS) is 12.3. The summed E-state index contributed by atoms with van der Waals surface area (Å²) in [6.07, 6.45) is 0.866. The zero-order valence-corrected chi connectivity index (χ0v) is 9.25. The number of nitrogens with one attached hydrogen (secondary N) is 1. The van der Waals surface area contributed by atoms with Crippen molar-refractivity contribution in [3.05, 3.63) is 12.7 Å². The molecule has 0 rings (SSSR count). The lowest BCUT2D eigenvalue weighted by Gasteiger charge is -2.24. The van der Waals surface area contributed by atoms with Crippen LogP contribution in [-0.4, -0.2) is 28.4 Å². The second-order valence-electron chi connectivity index (χ2n) is 3.91. The van der Waals surface area contributed by atoms with Gasteiger partial charge in [-0.3, -0.25) is 9.36 Å². The SMILES string of the molecule is C=CC(=O)NCC(C)(C)CP(=O)(O)O. The number of carbonyl (C=O) groups is 1. The Morgan fingerprint density at radius 3 is 2.43 bits per heavy atom. The summed E-state index contributed by atoms with van der Waals surface area (Å²) in [5.41, 5.74) is -0.627. The molecule has 82 valence electrons. The van der Waals surface area contributed by atoms with Crippen LogP contribution in [0.3, 0.4) is 0 Å². The smallest absolute Gasteiger partial charge is 0.326 e. The predicted molar refractivity (Wildman–Crippen MR) is 53.9 cm³/mol. The molecular formula is C8H16NO4P. The first-order chi connectivity index (χ1) is 6.16. The quantitative estimate of drug-likeness (QED) is 0.466. The van der Waals surface area contributed by atoms with Crippen LogP contribution >= 0.6 is 7.60 Å². The van der Waals surface area contributed by atoms with Gasteiger partial charge in [0.05, 0.1) is 6.16 Å². The van der Waals surface area contributed by atoms with Crippen molar-refractivity contribution in [2.75, 3.05) is 12.7 Å². The summed E-state index contributed by atoms with van der Waals surface area (Å²) in [5.74, 6) is -0.344. The van der Waals surface area contributed by atoms with Gasteiger partial charge in [-0.25, -0.2) is 0 Å². The summed E-state index contributed by atoms with van der Waals surface area (Å²) in [7, 11) is -4.03. The Morgan fingerprint density at radius 2 is 2.07 bits per heavy atom. The van der Waals surface area contributed by atoms with Gasteiger partial charge < -0.3 is 15.1 Å². The van der Waals surface area contributed by atoms with E-state index >= 15 is 0 Å². The Labute approximate surface area is 83.4 Å². The highest BCUT2D eigenvalue weighted by Gasteiger charge is 2.28. The average molecular weight is 221 g/mol. The van der Waals surface area contributed by atoms with Crippen molar-refractivity contribution >= 4 is 13.5 Å². The van der Waals surface area contributed by atoms with Crippen molar-refractivity contribution < 1.29 is 19.1 Å². The molecule has 3 N–H and O–H groups in total. The first-order valence-electron chi connectivity index (χ1n) is 4.11. The standard InChI is InChI=1S/C8H16NO4P/c1-4-7(10)9-5-8(2,3)6-14(11,12)13/h4H,1,5-6H2,2-3H3,(H,9,10)(H2,11,12,13). The molecule has 5 nitrogen and oxygen atoms in total. The minimum absolute atomic E-state index is 0.211. The Kier molecular flexibility index (Phi) is 4.52. The van der Waals surface area contributed by atoms with E-state index in [4.69, 9.17) is 9.79 Å². The second kappa shape index (κ2) is 4.73. The van der Waals surface area contributed by atoms with Gasteiger partial charge in [-0.15, -0.1) is 0 Å². The van der Waals surface area contributed by atoms with E-state index in [1.165, 1.54) is 0 Å². The molecule has 0 saturated heterocycles. The van der Waals surface area contributed by atoms with Gasteiger partial charge in [-0.1, -0.05) is 20.4 Å². The maximum absolute atomic E-state index is 10.8. The van der Waals surface area contributed by atoms with Gasteiger partial charge in [0.2, 0.25) is 5.91 Å². The van der Waals surface area contributed by atoms with E-state index in [1.807, 2.05) is 0 Å². The first kappa shape index (κ1) is 13.4.